The van der Waals surface area contributed by atoms with E-state index in [-0.39, 0.29) is 11.5 Å². The van der Waals surface area contributed by atoms with Crippen molar-refractivity contribution in [1.29, 1.82) is 0 Å². The highest BCUT2D eigenvalue weighted by Gasteiger charge is 2.61. The van der Waals surface area contributed by atoms with Crippen LogP contribution in [-0.4, -0.2) is 24.7 Å². The van der Waals surface area contributed by atoms with Crippen LogP contribution in [0.1, 0.15) is 26.2 Å². The predicted molar refractivity (Wildman–Crippen MR) is 44.7 cm³/mol. The second kappa shape index (κ2) is 2.73. The quantitative estimate of drug-likeness (QED) is 0.618. The minimum Gasteiger partial charge on any atom is -0.465 e. The summed E-state index contributed by atoms with van der Waals surface area (Å²) in [6.07, 6.45) is 3.38. The number of carbonyl (C=O) groups is 1. The second-order valence-electron chi connectivity index (χ2n) is 3.66. The van der Waals surface area contributed by atoms with E-state index in [1.54, 1.807) is 0 Å². The Morgan fingerprint density at radius 1 is 1.75 bits per heavy atom. The monoisotopic (exact) mass is 169 g/mol. The minimum atomic E-state index is -0.256. The van der Waals surface area contributed by atoms with Gasteiger partial charge < -0.3 is 10.1 Å². The molecule has 2 fully saturated rings. The van der Waals surface area contributed by atoms with E-state index in [4.69, 9.17) is 4.74 Å². The fourth-order valence-corrected chi connectivity index (χ4v) is 2.14. The lowest BCUT2D eigenvalue weighted by atomic mass is 10.1. The van der Waals surface area contributed by atoms with E-state index >= 15 is 0 Å². The first-order valence-electron chi connectivity index (χ1n) is 4.72. The van der Waals surface area contributed by atoms with E-state index in [9.17, 15) is 4.79 Å². The molecule has 0 bridgehead atoms. The van der Waals surface area contributed by atoms with Gasteiger partial charge in [0.25, 0.3) is 0 Å². The van der Waals surface area contributed by atoms with Gasteiger partial charge >= 0.3 is 5.97 Å². The van der Waals surface area contributed by atoms with Crippen LogP contribution in [0.15, 0.2) is 0 Å². The van der Waals surface area contributed by atoms with Gasteiger partial charge in [0.15, 0.2) is 0 Å². The molecule has 1 saturated heterocycles. The predicted octanol–water partition coefficient (Wildman–Crippen LogP) is 0.692. The lowest BCUT2D eigenvalue weighted by molar-refractivity contribution is -0.147. The summed E-state index contributed by atoms with van der Waals surface area (Å²) in [4.78, 5) is 11.5. The zero-order valence-corrected chi connectivity index (χ0v) is 7.43. The van der Waals surface area contributed by atoms with Crippen LogP contribution in [-0.2, 0) is 9.53 Å². The van der Waals surface area contributed by atoms with Crippen molar-refractivity contribution in [3.8, 4) is 0 Å². The van der Waals surface area contributed by atoms with Gasteiger partial charge in [0.1, 0.15) is 5.54 Å². The summed E-state index contributed by atoms with van der Waals surface area (Å²) in [5.74, 6) is 0.528. The molecule has 0 aromatic carbocycles. The van der Waals surface area contributed by atoms with Crippen molar-refractivity contribution in [2.45, 2.75) is 31.7 Å². The number of ether oxygens (including phenoxy) is 1. The molecule has 0 unspecified atom stereocenters. The third-order valence-corrected chi connectivity index (χ3v) is 2.91. The standard InChI is InChI=1S/C9H15NO2/c1-2-12-8(11)9-6-7(9)4-3-5-10-9/h7,10H,2-6H2,1H3/t7-,9-/m0/s1. The summed E-state index contributed by atoms with van der Waals surface area (Å²) in [6.45, 7) is 3.32. The van der Waals surface area contributed by atoms with E-state index in [1.165, 1.54) is 12.8 Å². The van der Waals surface area contributed by atoms with Gasteiger partial charge in [-0.05, 0) is 38.6 Å². The second-order valence-corrected chi connectivity index (χ2v) is 3.66. The molecule has 2 atom stereocenters. The van der Waals surface area contributed by atoms with Crippen LogP contribution >= 0.6 is 0 Å². The molecule has 1 aliphatic heterocycles. The molecule has 1 saturated carbocycles. The number of fused-ring (bicyclic) bond motifs is 1. The highest BCUT2D eigenvalue weighted by atomic mass is 16.5. The largest absolute Gasteiger partial charge is 0.465 e. The van der Waals surface area contributed by atoms with Crippen molar-refractivity contribution in [2.75, 3.05) is 13.2 Å². The number of rotatable bonds is 2. The molecule has 3 heteroatoms. The average molecular weight is 169 g/mol. The first kappa shape index (κ1) is 8.05. The average Bonchev–Trinajstić information content (AvgIpc) is 2.79. The molecular formula is C9H15NO2. The molecule has 2 aliphatic rings. The Morgan fingerprint density at radius 3 is 3.25 bits per heavy atom. The molecule has 0 radical (unpaired) electrons. The summed E-state index contributed by atoms with van der Waals surface area (Å²) in [6, 6.07) is 0. The van der Waals surface area contributed by atoms with E-state index < -0.39 is 0 Å². The molecule has 3 nitrogen and oxygen atoms in total. The van der Waals surface area contributed by atoms with Gasteiger partial charge in [-0.2, -0.15) is 0 Å². The van der Waals surface area contributed by atoms with Crippen LogP contribution in [0.4, 0.5) is 0 Å². The van der Waals surface area contributed by atoms with Gasteiger partial charge in [0.2, 0.25) is 0 Å². The van der Waals surface area contributed by atoms with Crippen molar-refractivity contribution >= 4 is 5.97 Å². The maximum Gasteiger partial charge on any atom is 0.326 e. The normalized spacial score (nSPS) is 38.6. The highest BCUT2D eigenvalue weighted by Crippen LogP contribution is 2.49. The lowest BCUT2D eigenvalue weighted by Gasteiger charge is -2.21. The SMILES string of the molecule is CCOC(=O)[C@]12C[C@@H]1CCCN2. The molecule has 1 aliphatic carbocycles. The number of esters is 1. The molecule has 68 valence electrons. The van der Waals surface area contributed by atoms with Crippen LogP contribution in [0.25, 0.3) is 0 Å². The minimum absolute atomic E-state index is 0.0327. The van der Waals surface area contributed by atoms with Gasteiger partial charge in [-0.1, -0.05) is 0 Å². The van der Waals surface area contributed by atoms with Gasteiger partial charge in [-0.25, -0.2) is 0 Å². The van der Waals surface area contributed by atoms with Gasteiger partial charge in [0, 0.05) is 0 Å². The van der Waals surface area contributed by atoms with Crippen LogP contribution in [0.2, 0.25) is 0 Å². The van der Waals surface area contributed by atoms with Crippen molar-refractivity contribution in [1.82, 2.24) is 5.32 Å². The third-order valence-electron chi connectivity index (χ3n) is 2.91. The number of piperidine rings is 1. The summed E-state index contributed by atoms with van der Waals surface area (Å²) >= 11 is 0. The molecular weight excluding hydrogens is 154 g/mol. The molecule has 0 aromatic rings. The fraction of sp³-hybridized carbons (Fsp3) is 0.889. The van der Waals surface area contributed by atoms with Crippen molar-refractivity contribution in [3.63, 3.8) is 0 Å². The Bertz CT molecular complexity index is 205. The Labute approximate surface area is 72.5 Å². The van der Waals surface area contributed by atoms with E-state index in [1.807, 2.05) is 6.92 Å². The maximum absolute atomic E-state index is 11.5. The van der Waals surface area contributed by atoms with Crippen LogP contribution in [0, 0.1) is 5.92 Å². The summed E-state index contributed by atoms with van der Waals surface area (Å²) in [5.41, 5.74) is -0.256. The molecule has 0 spiro atoms. The van der Waals surface area contributed by atoms with Crippen LogP contribution in [0.3, 0.4) is 0 Å². The maximum atomic E-state index is 11.5. The summed E-state index contributed by atoms with van der Waals surface area (Å²) in [5, 5.41) is 3.28. The molecule has 12 heavy (non-hydrogen) atoms. The van der Waals surface area contributed by atoms with Gasteiger partial charge in [-0.3, -0.25) is 4.79 Å². The molecule has 0 amide bonds. The fourth-order valence-electron chi connectivity index (χ4n) is 2.14. The molecule has 1 N–H and O–H groups in total. The topological polar surface area (TPSA) is 38.3 Å². The zero-order chi connectivity index (χ0) is 8.60. The van der Waals surface area contributed by atoms with Crippen LogP contribution in [0.5, 0.6) is 0 Å². The Hall–Kier alpha value is -0.570. The van der Waals surface area contributed by atoms with E-state index in [0.29, 0.717) is 12.5 Å². The van der Waals surface area contributed by atoms with Crippen molar-refractivity contribution < 1.29 is 9.53 Å². The van der Waals surface area contributed by atoms with Crippen molar-refractivity contribution in [3.05, 3.63) is 0 Å². The van der Waals surface area contributed by atoms with E-state index in [2.05, 4.69) is 5.32 Å². The Balaban J connectivity index is 1.98. The van der Waals surface area contributed by atoms with E-state index in [0.717, 1.165) is 13.0 Å². The molecule has 2 rings (SSSR count). The smallest absolute Gasteiger partial charge is 0.326 e. The first-order valence-corrected chi connectivity index (χ1v) is 4.72. The van der Waals surface area contributed by atoms with Gasteiger partial charge in [-0.15, -0.1) is 0 Å². The Morgan fingerprint density at radius 2 is 2.58 bits per heavy atom. The molecule has 0 aromatic heterocycles. The third kappa shape index (κ3) is 1.04. The first-order chi connectivity index (χ1) is 5.79. The number of hydrogen-bond acceptors (Lipinski definition) is 3. The highest BCUT2D eigenvalue weighted by molar-refractivity contribution is 5.85. The Kier molecular flexibility index (Phi) is 1.83. The summed E-state index contributed by atoms with van der Waals surface area (Å²) < 4.78 is 5.02. The number of nitrogens with one attached hydrogen (secondary N) is 1. The zero-order valence-electron chi connectivity index (χ0n) is 7.43. The number of hydrogen-bond donors (Lipinski definition) is 1. The van der Waals surface area contributed by atoms with Crippen molar-refractivity contribution in [2.24, 2.45) is 5.92 Å². The summed E-state index contributed by atoms with van der Waals surface area (Å²) in [7, 11) is 0. The number of carbonyl (C=O) groups excluding carboxylic acids is 1. The van der Waals surface area contributed by atoms with Gasteiger partial charge in [0.05, 0.1) is 6.61 Å². The molecule has 1 heterocycles. The lowest BCUT2D eigenvalue weighted by Crippen LogP contribution is -2.45. The van der Waals surface area contributed by atoms with Crippen LogP contribution < -0.4 is 5.32 Å².